The van der Waals surface area contributed by atoms with Crippen molar-refractivity contribution in [1.82, 2.24) is 0 Å². The van der Waals surface area contributed by atoms with Crippen molar-refractivity contribution >= 4 is 11.8 Å². The van der Waals surface area contributed by atoms with Crippen molar-refractivity contribution in [3.63, 3.8) is 0 Å². The third-order valence-electron chi connectivity index (χ3n) is 12.3. The van der Waals surface area contributed by atoms with E-state index in [4.69, 9.17) is 0 Å². The van der Waals surface area contributed by atoms with Gasteiger partial charge in [0, 0.05) is 6.42 Å². The zero-order chi connectivity index (χ0) is 24.9. The Morgan fingerprint density at radius 3 is 2.32 bits per heavy atom. The van der Waals surface area contributed by atoms with Crippen LogP contribution in [-0.4, -0.2) is 28.6 Å². The monoisotopic (exact) mass is 468 g/mol. The number of aliphatic hydroxyl groups is 1. The fraction of sp³-hybridized carbons (Fsp3) is 0.800. The highest BCUT2D eigenvalue weighted by molar-refractivity contribution is 5.86. The zero-order valence-corrected chi connectivity index (χ0v) is 22.1. The van der Waals surface area contributed by atoms with Gasteiger partial charge in [-0.1, -0.05) is 53.7 Å². The molecule has 2 N–H and O–H groups in total. The van der Waals surface area contributed by atoms with Gasteiger partial charge >= 0.3 is 5.97 Å². The van der Waals surface area contributed by atoms with Crippen LogP contribution in [0.3, 0.4) is 0 Å². The van der Waals surface area contributed by atoms with E-state index in [0.717, 1.165) is 51.4 Å². The van der Waals surface area contributed by atoms with Crippen LogP contribution in [0, 0.1) is 44.3 Å². The van der Waals surface area contributed by atoms with Crippen molar-refractivity contribution < 1.29 is 19.8 Å². The molecule has 4 nitrogen and oxygen atoms in total. The number of aliphatic hydroxyl groups excluding tert-OH is 1. The molecular formula is C30H44O4. The molecule has 188 valence electrons. The summed E-state index contributed by atoms with van der Waals surface area (Å²) in [4.78, 5) is 25.7. The van der Waals surface area contributed by atoms with Gasteiger partial charge in [-0.3, -0.25) is 9.59 Å². The third kappa shape index (κ3) is 2.75. The van der Waals surface area contributed by atoms with E-state index in [0.29, 0.717) is 12.3 Å². The maximum absolute atomic E-state index is 13.0. The number of ketones is 1. The Kier molecular flexibility index (Phi) is 5.06. The van der Waals surface area contributed by atoms with E-state index in [9.17, 15) is 19.8 Å². The molecule has 3 fully saturated rings. The van der Waals surface area contributed by atoms with Crippen LogP contribution in [-0.2, 0) is 9.59 Å². The molecule has 0 saturated heterocycles. The first kappa shape index (κ1) is 24.3. The Balaban J connectivity index is 1.68. The lowest BCUT2D eigenvalue weighted by molar-refractivity contribution is -0.176. The Morgan fingerprint density at radius 2 is 1.68 bits per heavy atom. The van der Waals surface area contributed by atoms with Crippen LogP contribution >= 0.6 is 0 Å². The summed E-state index contributed by atoms with van der Waals surface area (Å²) in [6.07, 6.45) is 12.3. The third-order valence-corrected chi connectivity index (χ3v) is 12.3. The molecule has 5 aliphatic carbocycles. The van der Waals surface area contributed by atoms with Gasteiger partial charge in [0.05, 0.1) is 17.4 Å². The maximum atomic E-state index is 13.0. The molecule has 0 radical (unpaired) electrons. The van der Waals surface area contributed by atoms with Crippen LogP contribution in [0.15, 0.2) is 23.3 Å². The smallest absolute Gasteiger partial charge is 0.313 e. The molecule has 0 aromatic rings. The Bertz CT molecular complexity index is 1010. The molecule has 2 unspecified atom stereocenters. The number of carboxylic acid groups (broad SMARTS) is 1. The van der Waals surface area contributed by atoms with E-state index in [-0.39, 0.29) is 40.0 Å². The number of Topliss-reactive ketones (excluding diaryl/α,β-unsaturated/α-hetero) is 1. The Hall–Kier alpha value is -1.42. The summed E-state index contributed by atoms with van der Waals surface area (Å²) < 4.78 is 0. The van der Waals surface area contributed by atoms with Crippen LogP contribution in [0.1, 0.15) is 99.3 Å². The van der Waals surface area contributed by atoms with Gasteiger partial charge in [0.1, 0.15) is 5.78 Å². The van der Waals surface area contributed by atoms with Gasteiger partial charge in [-0.15, -0.1) is 0 Å². The van der Waals surface area contributed by atoms with Gasteiger partial charge in [-0.25, -0.2) is 0 Å². The SMILES string of the molecule is CC1(C)CC[C@]2(C(=O)O)CC[C@]3(C)C(=C2C1)C=CC1[C@@]2(C)CCC(=O)[C@](C)(CO)C2CC[C@]13C. The van der Waals surface area contributed by atoms with Crippen LogP contribution in [0.4, 0.5) is 0 Å². The number of carbonyl (C=O) groups is 2. The minimum Gasteiger partial charge on any atom is -0.481 e. The molecule has 0 bridgehead atoms. The molecular weight excluding hydrogens is 424 g/mol. The summed E-state index contributed by atoms with van der Waals surface area (Å²) in [5, 5.41) is 20.8. The van der Waals surface area contributed by atoms with Gasteiger partial charge in [0.2, 0.25) is 0 Å². The first-order valence-electron chi connectivity index (χ1n) is 13.5. The number of allylic oxidation sites excluding steroid dienone is 3. The van der Waals surface area contributed by atoms with Crippen LogP contribution in [0.5, 0.6) is 0 Å². The number of fused-ring (bicyclic) bond motifs is 6. The number of aliphatic carboxylic acids is 1. The van der Waals surface area contributed by atoms with Crippen molar-refractivity contribution in [2.45, 2.75) is 99.3 Å². The van der Waals surface area contributed by atoms with Gasteiger partial charge in [0.25, 0.3) is 0 Å². The second kappa shape index (κ2) is 7.08. The predicted octanol–water partition coefficient (Wildman–Crippen LogP) is 6.33. The first-order chi connectivity index (χ1) is 15.7. The van der Waals surface area contributed by atoms with E-state index in [1.807, 2.05) is 6.92 Å². The van der Waals surface area contributed by atoms with Crippen molar-refractivity contribution in [1.29, 1.82) is 0 Å². The quantitative estimate of drug-likeness (QED) is 0.496. The number of carboxylic acids is 1. The summed E-state index contributed by atoms with van der Waals surface area (Å²) in [5.41, 5.74) is 1.19. The van der Waals surface area contributed by atoms with Gasteiger partial charge < -0.3 is 10.2 Å². The minimum atomic E-state index is -0.703. The van der Waals surface area contributed by atoms with Crippen molar-refractivity contribution in [3.05, 3.63) is 23.3 Å². The maximum Gasteiger partial charge on any atom is 0.313 e. The zero-order valence-electron chi connectivity index (χ0n) is 22.1. The average Bonchev–Trinajstić information content (AvgIpc) is 2.76. The molecule has 7 atom stereocenters. The van der Waals surface area contributed by atoms with Crippen molar-refractivity contribution in [2.75, 3.05) is 6.61 Å². The van der Waals surface area contributed by atoms with Gasteiger partial charge in [-0.2, -0.15) is 0 Å². The lowest BCUT2D eigenvalue weighted by atomic mass is 9.35. The summed E-state index contributed by atoms with van der Waals surface area (Å²) in [6, 6.07) is 0. The molecule has 34 heavy (non-hydrogen) atoms. The second-order valence-corrected chi connectivity index (χ2v) is 14.3. The average molecular weight is 469 g/mol. The van der Waals surface area contributed by atoms with E-state index in [1.54, 1.807) is 0 Å². The van der Waals surface area contributed by atoms with Crippen LogP contribution < -0.4 is 0 Å². The standard InChI is InChI=1S/C30H44O4/c1-25(2)13-15-30(24(33)34)16-14-28(5)19(20(30)17-25)7-8-22-26(3)11-10-23(32)27(4,18-31)21(26)9-12-29(22,28)6/h7-8,21-22,31H,9-18H2,1-6H3,(H,33,34)/t21?,22?,26-,27+,28+,29+,30-/m0/s1. The van der Waals surface area contributed by atoms with Gasteiger partial charge in [-0.05, 0) is 96.0 Å². The Morgan fingerprint density at radius 1 is 1.00 bits per heavy atom. The molecule has 0 aromatic heterocycles. The summed E-state index contributed by atoms with van der Waals surface area (Å²) in [5.74, 6) is 0.0970. The predicted molar refractivity (Wildman–Crippen MR) is 133 cm³/mol. The number of hydrogen-bond donors (Lipinski definition) is 2. The van der Waals surface area contributed by atoms with Crippen LogP contribution in [0.25, 0.3) is 0 Å². The molecule has 0 heterocycles. The fourth-order valence-electron chi connectivity index (χ4n) is 9.77. The van der Waals surface area contributed by atoms with Gasteiger partial charge in [0.15, 0.2) is 0 Å². The fourth-order valence-corrected chi connectivity index (χ4v) is 9.77. The van der Waals surface area contributed by atoms with Crippen molar-refractivity contribution in [2.24, 2.45) is 44.3 Å². The highest BCUT2D eigenvalue weighted by Crippen LogP contribution is 2.73. The van der Waals surface area contributed by atoms with E-state index in [1.165, 1.54) is 11.1 Å². The number of hydrogen-bond acceptors (Lipinski definition) is 3. The molecule has 3 saturated carbocycles. The van der Waals surface area contributed by atoms with Crippen LogP contribution in [0.2, 0.25) is 0 Å². The molecule has 0 amide bonds. The highest BCUT2D eigenvalue weighted by Gasteiger charge is 2.67. The number of rotatable bonds is 2. The molecule has 0 aliphatic heterocycles. The summed E-state index contributed by atoms with van der Waals surface area (Å²) in [6.45, 7) is 13.8. The largest absolute Gasteiger partial charge is 0.481 e. The Labute approximate surface area is 205 Å². The highest BCUT2D eigenvalue weighted by atomic mass is 16.4. The molecule has 0 aromatic carbocycles. The lowest BCUT2D eigenvalue weighted by Gasteiger charge is -2.68. The minimum absolute atomic E-state index is 0.0122. The molecule has 0 spiro atoms. The molecule has 5 rings (SSSR count). The number of carbonyl (C=O) groups excluding carboxylic acids is 1. The first-order valence-corrected chi connectivity index (χ1v) is 13.5. The summed E-state index contributed by atoms with van der Waals surface area (Å²) >= 11 is 0. The van der Waals surface area contributed by atoms with Crippen molar-refractivity contribution in [3.8, 4) is 0 Å². The van der Waals surface area contributed by atoms with E-state index < -0.39 is 16.8 Å². The normalized spacial score (nSPS) is 49.6. The summed E-state index contributed by atoms with van der Waals surface area (Å²) in [7, 11) is 0. The molecule has 4 heteroatoms. The van der Waals surface area contributed by atoms with E-state index in [2.05, 4.69) is 46.8 Å². The molecule has 5 aliphatic rings. The lowest BCUT2D eigenvalue weighted by Crippen LogP contribution is -2.63. The van der Waals surface area contributed by atoms with E-state index >= 15 is 0 Å². The second-order valence-electron chi connectivity index (χ2n) is 14.3. The topological polar surface area (TPSA) is 74.6 Å².